The van der Waals surface area contributed by atoms with Gasteiger partial charge in [-0.05, 0) is 78.2 Å². The van der Waals surface area contributed by atoms with Crippen LogP contribution in [0.3, 0.4) is 0 Å². The van der Waals surface area contributed by atoms with Crippen molar-refractivity contribution >= 4 is 33.9 Å². The number of hydrogen-bond donors (Lipinski definition) is 2. The van der Waals surface area contributed by atoms with E-state index < -0.39 is 17.8 Å². The Morgan fingerprint density at radius 1 is 1.33 bits per heavy atom. The molecule has 5 nitrogen and oxygen atoms in total. The molecule has 1 atom stereocenters. The average Bonchev–Trinajstić information content (AvgIpc) is 2.67. The molecular formula is C21H22BrF3N4O. The summed E-state index contributed by atoms with van der Waals surface area (Å²) in [5, 5.41) is 5.15. The third-order valence-electron chi connectivity index (χ3n) is 4.32. The number of amides is 2. The second kappa shape index (κ2) is 10.4. The minimum atomic E-state index is -4.50. The number of aromatic nitrogens is 1. The fourth-order valence-electron chi connectivity index (χ4n) is 2.50. The molecule has 30 heavy (non-hydrogen) atoms. The first kappa shape index (κ1) is 23.6. The standard InChI is InChI=1S/C21H22BrF3N4O/c1-13(7-9-26-12-16-6-4-5-8-27-16)15(3)28-20(30)29-19-11-17(21(23,24)25)14(2)10-18(19)22/h4-11,15H,12H2,1-3H3,(H2,28,29,30)/b13-7+,26-9?. The first-order chi connectivity index (χ1) is 14.1. The first-order valence-electron chi connectivity index (χ1n) is 9.09. The topological polar surface area (TPSA) is 66.4 Å². The van der Waals surface area contributed by atoms with E-state index in [0.29, 0.717) is 11.0 Å². The Bertz CT molecular complexity index is 943. The number of nitrogens with zero attached hydrogens (tertiary/aromatic N) is 2. The van der Waals surface area contributed by atoms with Crippen LogP contribution in [0.1, 0.15) is 30.7 Å². The Hall–Kier alpha value is -2.68. The van der Waals surface area contributed by atoms with Gasteiger partial charge in [0.1, 0.15) is 0 Å². The van der Waals surface area contributed by atoms with Crippen LogP contribution in [0.15, 0.2) is 57.6 Å². The van der Waals surface area contributed by atoms with Crippen molar-refractivity contribution in [1.29, 1.82) is 0 Å². The van der Waals surface area contributed by atoms with Crippen molar-refractivity contribution in [3.05, 3.63) is 69.5 Å². The summed E-state index contributed by atoms with van der Waals surface area (Å²) in [6.07, 6.45) is 0.587. The molecule has 0 saturated carbocycles. The number of benzene rings is 1. The predicted molar refractivity (Wildman–Crippen MR) is 116 cm³/mol. The SMILES string of the molecule is C/C(=C\C=NCc1ccccn1)C(C)NC(=O)Nc1cc(C(F)(F)F)c(C)cc1Br. The van der Waals surface area contributed by atoms with Crippen LogP contribution in [0.2, 0.25) is 0 Å². The van der Waals surface area contributed by atoms with Crippen molar-refractivity contribution in [1.82, 2.24) is 10.3 Å². The highest BCUT2D eigenvalue weighted by atomic mass is 79.9. The average molecular weight is 483 g/mol. The van der Waals surface area contributed by atoms with E-state index in [1.807, 2.05) is 25.1 Å². The normalized spacial score (nSPS) is 13.4. The Kier molecular flexibility index (Phi) is 8.16. The third kappa shape index (κ3) is 6.98. The Labute approximate surface area is 181 Å². The molecule has 0 aliphatic carbocycles. The van der Waals surface area contributed by atoms with Crippen LogP contribution in [-0.4, -0.2) is 23.3 Å². The van der Waals surface area contributed by atoms with Crippen molar-refractivity contribution in [2.75, 3.05) is 5.32 Å². The zero-order valence-electron chi connectivity index (χ0n) is 16.7. The minimum absolute atomic E-state index is 0.0381. The molecule has 1 heterocycles. The number of urea groups is 1. The lowest BCUT2D eigenvalue weighted by atomic mass is 10.1. The van der Waals surface area contributed by atoms with Gasteiger partial charge in [0.2, 0.25) is 0 Å². The molecule has 2 N–H and O–H groups in total. The fraction of sp³-hybridized carbons (Fsp3) is 0.286. The molecule has 0 bridgehead atoms. The summed E-state index contributed by atoms with van der Waals surface area (Å²) < 4.78 is 39.7. The first-order valence-corrected chi connectivity index (χ1v) is 9.88. The van der Waals surface area contributed by atoms with E-state index in [9.17, 15) is 18.0 Å². The quantitative estimate of drug-likeness (QED) is 0.503. The lowest BCUT2D eigenvalue weighted by Gasteiger charge is -2.17. The van der Waals surface area contributed by atoms with Crippen molar-refractivity contribution in [3.63, 3.8) is 0 Å². The summed E-state index contributed by atoms with van der Waals surface area (Å²) in [6, 6.07) is 6.86. The van der Waals surface area contributed by atoms with E-state index in [1.54, 1.807) is 25.4 Å². The van der Waals surface area contributed by atoms with Crippen LogP contribution in [0.5, 0.6) is 0 Å². The molecule has 0 saturated heterocycles. The zero-order chi connectivity index (χ0) is 22.3. The smallest absolute Gasteiger partial charge is 0.332 e. The highest BCUT2D eigenvalue weighted by molar-refractivity contribution is 9.10. The Balaban J connectivity index is 1.97. The molecule has 2 rings (SSSR count). The summed E-state index contributed by atoms with van der Waals surface area (Å²) in [7, 11) is 0. The van der Waals surface area contributed by atoms with Crippen LogP contribution >= 0.6 is 15.9 Å². The summed E-state index contributed by atoms with van der Waals surface area (Å²) >= 11 is 3.19. The van der Waals surface area contributed by atoms with Crippen molar-refractivity contribution in [2.45, 2.75) is 39.5 Å². The second-order valence-electron chi connectivity index (χ2n) is 6.69. The van der Waals surface area contributed by atoms with E-state index in [4.69, 9.17) is 0 Å². The molecule has 0 spiro atoms. The highest BCUT2D eigenvalue weighted by Gasteiger charge is 2.33. The van der Waals surface area contributed by atoms with Gasteiger partial charge in [0.15, 0.2) is 0 Å². The zero-order valence-corrected chi connectivity index (χ0v) is 18.3. The van der Waals surface area contributed by atoms with Gasteiger partial charge in [0.05, 0.1) is 23.5 Å². The van der Waals surface area contributed by atoms with Crippen LogP contribution in [-0.2, 0) is 12.7 Å². The molecule has 0 aliphatic heterocycles. The van der Waals surface area contributed by atoms with Crippen LogP contribution in [0.4, 0.5) is 23.7 Å². The lowest BCUT2D eigenvalue weighted by molar-refractivity contribution is -0.138. The van der Waals surface area contributed by atoms with Crippen molar-refractivity contribution in [2.24, 2.45) is 4.99 Å². The van der Waals surface area contributed by atoms with Crippen molar-refractivity contribution in [3.8, 4) is 0 Å². The van der Waals surface area contributed by atoms with Gasteiger partial charge in [0.25, 0.3) is 0 Å². The number of carbonyl (C=O) groups is 1. The fourth-order valence-corrected chi connectivity index (χ4v) is 3.05. The largest absolute Gasteiger partial charge is 0.416 e. The van der Waals surface area contributed by atoms with Crippen LogP contribution in [0.25, 0.3) is 0 Å². The van der Waals surface area contributed by atoms with Gasteiger partial charge in [-0.25, -0.2) is 4.79 Å². The predicted octanol–water partition coefficient (Wildman–Crippen LogP) is 5.90. The number of hydrogen-bond acceptors (Lipinski definition) is 3. The van der Waals surface area contributed by atoms with E-state index in [1.165, 1.54) is 13.0 Å². The Morgan fingerprint density at radius 2 is 2.07 bits per heavy atom. The number of rotatable bonds is 6. The molecule has 0 radical (unpaired) electrons. The van der Waals surface area contributed by atoms with Gasteiger partial charge in [0, 0.05) is 22.9 Å². The number of alkyl halides is 3. The van der Waals surface area contributed by atoms with E-state index in [2.05, 4.69) is 36.5 Å². The van der Waals surface area contributed by atoms with Gasteiger partial charge < -0.3 is 10.6 Å². The molecule has 1 aromatic heterocycles. The van der Waals surface area contributed by atoms with E-state index in [-0.39, 0.29) is 17.3 Å². The van der Waals surface area contributed by atoms with Crippen LogP contribution in [0, 0.1) is 6.92 Å². The molecule has 9 heteroatoms. The molecule has 1 aromatic carbocycles. The second-order valence-corrected chi connectivity index (χ2v) is 7.54. The van der Waals surface area contributed by atoms with Crippen LogP contribution < -0.4 is 10.6 Å². The molecule has 2 aromatic rings. The number of aryl methyl sites for hydroxylation is 1. The van der Waals surface area contributed by atoms with Gasteiger partial charge in [-0.15, -0.1) is 0 Å². The summed E-state index contributed by atoms with van der Waals surface area (Å²) in [5.74, 6) is 0. The van der Waals surface area contributed by atoms with Gasteiger partial charge >= 0.3 is 12.2 Å². The number of aliphatic imine (C=N–C) groups is 1. The molecule has 0 fully saturated rings. The van der Waals surface area contributed by atoms with Gasteiger partial charge in [-0.2, -0.15) is 13.2 Å². The molecular weight excluding hydrogens is 461 g/mol. The number of halogens is 4. The maximum Gasteiger partial charge on any atom is 0.416 e. The lowest BCUT2D eigenvalue weighted by Crippen LogP contribution is -2.37. The molecule has 160 valence electrons. The number of carbonyl (C=O) groups excluding carboxylic acids is 1. The number of nitrogens with one attached hydrogen (secondary N) is 2. The highest BCUT2D eigenvalue weighted by Crippen LogP contribution is 2.36. The summed E-state index contributed by atoms with van der Waals surface area (Å²) in [6.45, 7) is 5.39. The monoisotopic (exact) mass is 482 g/mol. The van der Waals surface area contributed by atoms with E-state index in [0.717, 1.165) is 17.3 Å². The third-order valence-corrected chi connectivity index (χ3v) is 4.98. The molecule has 2 amide bonds. The van der Waals surface area contributed by atoms with Gasteiger partial charge in [-0.1, -0.05) is 6.07 Å². The summed E-state index contributed by atoms with van der Waals surface area (Å²) in [4.78, 5) is 20.7. The van der Waals surface area contributed by atoms with E-state index >= 15 is 0 Å². The maximum absolute atomic E-state index is 13.1. The number of pyridine rings is 1. The minimum Gasteiger partial charge on any atom is -0.332 e. The number of allylic oxidation sites excluding steroid dienone is 1. The van der Waals surface area contributed by atoms with Gasteiger partial charge in [-0.3, -0.25) is 9.98 Å². The van der Waals surface area contributed by atoms with Crippen molar-refractivity contribution < 1.29 is 18.0 Å². The molecule has 0 aliphatic rings. The number of anilines is 1. The summed E-state index contributed by atoms with van der Waals surface area (Å²) in [5.41, 5.74) is 0.976. The Morgan fingerprint density at radius 3 is 2.70 bits per heavy atom. The molecule has 1 unspecified atom stereocenters. The maximum atomic E-state index is 13.1.